The summed E-state index contributed by atoms with van der Waals surface area (Å²) in [6.07, 6.45) is 2.10. The molecule has 0 unspecified atom stereocenters. The molecule has 0 spiro atoms. The summed E-state index contributed by atoms with van der Waals surface area (Å²) < 4.78 is 11.4. The molecule has 8 heteroatoms. The summed E-state index contributed by atoms with van der Waals surface area (Å²) in [4.78, 5) is 8.77. The Balaban J connectivity index is 1.60. The van der Waals surface area contributed by atoms with Gasteiger partial charge in [-0.25, -0.2) is 4.98 Å². The van der Waals surface area contributed by atoms with E-state index in [9.17, 15) is 0 Å². The predicted octanol–water partition coefficient (Wildman–Crippen LogP) is 5.86. The number of hydrogen-bond donors (Lipinski definition) is 1. The van der Waals surface area contributed by atoms with Crippen molar-refractivity contribution in [2.75, 3.05) is 12.4 Å². The van der Waals surface area contributed by atoms with Crippen LogP contribution in [0.15, 0.2) is 65.3 Å². The SMILES string of the molecule is CNc1ncccc1-c1noc(Cc2ccccc2Oc2cccc(Cl)c2Cl)n1. The Hall–Kier alpha value is -3.09. The molecule has 146 valence electrons. The lowest BCUT2D eigenvalue weighted by Gasteiger charge is -2.11. The maximum Gasteiger partial charge on any atom is 0.231 e. The highest BCUT2D eigenvalue weighted by Crippen LogP contribution is 2.36. The first-order valence-electron chi connectivity index (χ1n) is 8.81. The van der Waals surface area contributed by atoms with Gasteiger partial charge in [0.25, 0.3) is 0 Å². The van der Waals surface area contributed by atoms with Crippen LogP contribution in [0.4, 0.5) is 5.82 Å². The number of aromatic nitrogens is 3. The average Bonchev–Trinajstić information content (AvgIpc) is 3.21. The molecule has 4 aromatic rings. The van der Waals surface area contributed by atoms with E-state index in [-0.39, 0.29) is 0 Å². The van der Waals surface area contributed by atoms with Crippen LogP contribution in [0.1, 0.15) is 11.5 Å². The van der Waals surface area contributed by atoms with Crippen molar-refractivity contribution < 1.29 is 9.26 Å². The number of rotatable bonds is 6. The molecule has 2 aromatic carbocycles. The first-order chi connectivity index (χ1) is 14.2. The summed E-state index contributed by atoms with van der Waals surface area (Å²) in [5.74, 6) is 2.72. The Morgan fingerprint density at radius 3 is 2.69 bits per heavy atom. The summed E-state index contributed by atoms with van der Waals surface area (Å²) in [6, 6.07) is 16.5. The van der Waals surface area contributed by atoms with Gasteiger partial charge in [0, 0.05) is 18.8 Å². The normalized spacial score (nSPS) is 10.7. The quantitative estimate of drug-likeness (QED) is 0.415. The molecule has 0 amide bonds. The highest BCUT2D eigenvalue weighted by Gasteiger charge is 2.15. The molecule has 0 aliphatic rings. The van der Waals surface area contributed by atoms with Gasteiger partial charge in [-0.05, 0) is 30.3 Å². The Bertz CT molecular complexity index is 1150. The number of nitrogens with zero attached hydrogens (tertiary/aromatic N) is 3. The predicted molar refractivity (Wildman–Crippen MR) is 113 cm³/mol. The van der Waals surface area contributed by atoms with Crippen molar-refractivity contribution >= 4 is 29.0 Å². The molecule has 0 aliphatic carbocycles. The monoisotopic (exact) mass is 426 g/mol. The lowest BCUT2D eigenvalue weighted by atomic mass is 10.1. The summed E-state index contributed by atoms with van der Waals surface area (Å²) in [5, 5.41) is 7.90. The highest BCUT2D eigenvalue weighted by atomic mass is 35.5. The molecule has 0 radical (unpaired) electrons. The number of anilines is 1. The molecule has 29 heavy (non-hydrogen) atoms. The van der Waals surface area contributed by atoms with Crippen molar-refractivity contribution in [3.05, 3.63) is 82.3 Å². The van der Waals surface area contributed by atoms with Crippen molar-refractivity contribution in [3.8, 4) is 22.9 Å². The van der Waals surface area contributed by atoms with E-state index in [1.54, 1.807) is 31.4 Å². The van der Waals surface area contributed by atoms with Crippen molar-refractivity contribution in [2.24, 2.45) is 0 Å². The molecule has 2 aromatic heterocycles. The van der Waals surface area contributed by atoms with Gasteiger partial charge >= 0.3 is 0 Å². The van der Waals surface area contributed by atoms with E-state index in [1.165, 1.54) is 0 Å². The number of pyridine rings is 1. The van der Waals surface area contributed by atoms with Crippen molar-refractivity contribution in [1.29, 1.82) is 0 Å². The lowest BCUT2D eigenvalue weighted by Crippen LogP contribution is -1.96. The van der Waals surface area contributed by atoms with Crippen molar-refractivity contribution in [2.45, 2.75) is 6.42 Å². The minimum Gasteiger partial charge on any atom is -0.455 e. The molecule has 0 fully saturated rings. The summed E-state index contributed by atoms with van der Waals surface area (Å²) in [7, 11) is 1.79. The zero-order valence-electron chi connectivity index (χ0n) is 15.4. The van der Waals surface area contributed by atoms with Crippen molar-refractivity contribution in [3.63, 3.8) is 0 Å². The molecule has 0 aliphatic heterocycles. The van der Waals surface area contributed by atoms with E-state index in [0.717, 1.165) is 11.1 Å². The lowest BCUT2D eigenvalue weighted by molar-refractivity contribution is 0.383. The fourth-order valence-corrected chi connectivity index (χ4v) is 3.15. The molecule has 2 heterocycles. The third-order valence-electron chi connectivity index (χ3n) is 4.20. The van der Waals surface area contributed by atoms with Gasteiger partial charge in [-0.15, -0.1) is 0 Å². The minimum absolute atomic E-state index is 0.361. The van der Waals surface area contributed by atoms with E-state index in [0.29, 0.717) is 45.5 Å². The van der Waals surface area contributed by atoms with Gasteiger partial charge in [-0.2, -0.15) is 4.98 Å². The summed E-state index contributed by atoms with van der Waals surface area (Å²) in [6.45, 7) is 0. The van der Waals surface area contributed by atoms with Gasteiger partial charge in [0.15, 0.2) is 0 Å². The zero-order valence-corrected chi connectivity index (χ0v) is 16.9. The Kier molecular flexibility index (Phi) is 5.64. The van der Waals surface area contributed by atoms with Crippen LogP contribution in [0.2, 0.25) is 10.0 Å². The Morgan fingerprint density at radius 1 is 1.00 bits per heavy atom. The molecule has 0 atom stereocenters. The second-order valence-corrected chi connectivity index (χ2v) is 6.88. The highest BCUT2D eigenvalue weighted by molar-refractivity contribution is 6.42. The largest absolute Gasteiger partial charge is 0.455 e. The van der Waals surface area contributed by atoms with Crippen molar-refractivity contribution in [1.82, 2.24) is 15.1 Å². The topological polar surface area (TPSA) is 73.1 Å². The van der Waals surface area contributed by atoms with Crippen LogP contribution in [0.3, 0.4) is 0 Å². The van der Waals surface area contributed by atoms with Crippen LogP contribution in [0.25, 0.3) is 11.4 Å². The smallest absolute Gasteiger partial charge is 0.231 e. The number of benzene rings is 2. The molecule has 0 bridgehead atoms. The van der Waals surface area contributed by atoms with E-state index in [2.05, 4.69) is 20.4 Å². The first kappa shape index (κ1) is 19.2. The van der Waals surface area contributed by atoms with E-state index >= 15 is 0 Å². The summed E-state index contributed by atoms with van der Waals surface area (Å²) >= 11 is 12.3. The summed E-state index contributed by atoms with van der Waals surface area (Å²) in [5.41, 5.74) is 1.64. The van der Waals surface area contributed by atoms with E-state index in [1.807, 2.05) is 36.4 Å². The zero-order chi connectivity index (χ0) is 20.2. The third-order valence-corrected chi connectivity index (χ3v) is 5.01. The molecule has 6 nitrogen and oxygen atoms in total. The molecular formula is C21H16Cl2N4O2. The van der Waals surface area contributed by atoms with Crippen LogP contribution in [-0.2, 0) is 6.42 Å². The Morgan fingerprint density at radius 2 is 1.83 bits per heavy atom. The van der Waals surface area contributed by atoms with Gasteiger partial charge in [0.2, 0.25) is 11.7 Å². The van der Waals surface area contributed by atoms with Crippen LogP contribution in [-0.4, -0.2) is 22.2 Å². The fraction of sp³-hybridized carbons (Fsp3) is 0.0952. The van der Waals surface area contributed by atoms with E-state index < -0.39 is 0 Å². The maximum atomic E-state index is 6.25. The van der Waals surface area contributed by atoms with Crippen LogP contribution in [0, 0.1) is 0 Å². The van der Waals surface area contributed by atoms with Crippen LogP contribution >= 0.6 is 23.2 Å². The number of ether oxygens (including phenoxy) is 1. The number of nitrogens with one attached hydrogen (secondary N) is 1. The molecule has 1 N–H and O–H groups in total. The van der Waals surface area contributed by atoms with Gasteiger partial charge in [-0.3, -0.25) is 0 Å². The number of hydrogen-bond acceptors (Lipinski definition) is 6. The second-order valence-electron chi connectivity index (χ2n) is 6.10. The van der Waals surface area contributed by atoms with E-state index in [4.69, 9.17) is 32.5 Å². The molecule has 0 saturated carbocycles. The standard InChI is InChI=1S/C21H16Cl2N4O2/c1-24-20-14(7-5-11-25-20)21-26-18(29-27-21)12-13-6-2-3-9-16(13)28-17-10-4-8-15(22)19(17)23/h2-11H,12H2,1H3,(H,24,25). The molecule has 0 saturated heterocycles. The average molecular weight is 427 g/mol. The third kappa shape index (κ3) is 4.18. The number of para-hydroxylation sites is 1. The van der Waals surface area contributed by atoms with Crippen LogP contribution < -0.4 is 10.1 Å². The van der Waals surface area contributed by atoms with Gasteiger partial charge in [0.05, 0.1) is 17.0 Å². The first-order valence-corrected chi connectivity index (χ1v) is 9.57. The van der Waals surface area contributed by atoms with Gasteiger partial charge in [0.1, 0.15) is 22.3 Å². The minimum atomic E-state index is 0.361. The van der Waals surface area contributed by atoms with Gasteiger partial charge in [-0.1, -0.05) is 52.6 Å². The maximum absolute atomic E-state index is 6.25. The molecular weight excluding hydrogens is 411 g/mol. The second kappa shape index (κ2) is 8.51. The van der Waals surface area contributed by atoms with Gasteiger partial charge < -0.3 is 14.6 Å². The molecule has 4 rings (SSSR count). The Labute approximate surface area is 177 Å². The van der Waals surface area contributed by atoms with Crippen LogP contribution in [0.5, 0.6) is 11.5 Å². The fourth-order valence-electron chi connectivity index (χ4n) is 2.81. The number of halogens is 2.